The first-order chi connectivity index (χ1) is 11.7. The maximum Gasteiger partial charge on any atom is 0.253 e. The van der Waals surface area contributed by atoms with Crippen LogP contribution in [0.1, 0.15) is 12.8 Å². The van der Waals surface area contributed by atoms with Gasteiger partial charge in [0.25, 0.3) is 5.91 Å². The minimum atomic E-state index is -0.423. The Kier molecular flexibility index (Phi) is 6.82. The quantitative estimate of drug-likeness (QED) is 0.856. The number of nitrogens with two attached hydrogens (primary N) is 1. The molecular weight excluding hydrogens is 340 g/mol. The Bertz CT molecular complexity index is 723. The minimum Gasteiger partial charge on any atom is -0.496 e. The summed E-state index contributed by atoms with van der Waals surface area (Å²) in [5.74, 6) is 0.675. The lowest BCUT2D eigenvalue weighted by molar-refractivity contribution is -0.126. The van der Waals surface area contributed by atoms with E-state index in [0.717, 1.165) is 29.0 Å². The smallest absolute Gasteiger partial charge is 0.253 e. The molecule has 1 aliphatic heterocycles. The lowest BCUT2D eigenvalue weighted by atomic mass is 10.0. The van der Waals surface area contributed by atoms with Crippen LogP contribution in [0, 0.1) is 0 Å². The van der Waals surface area contributed by atoms with Crippen LogP contribution in [-0.4, -0.2) is 31.8 Å². The highest BCUT2D eigenvalue weighted by Crippen LogP contribution is 2.31. The fraction of sp³-hybridized carbons (Fsp3) is 0.316. The summed E-state index contributed by atoms with van der Waals surface area (Å²) in [6, 6.07) is 15.5. The van der Waals surface area contributed by atoms with Gasteiger partial charge in [0.15, 0.2) is 0 Å². The van der Waals surface area contributed by atoms with Crippen LogP contribution in [-0.2, 0) is 9.53 Å². The molecule has 1 amide bonds. The number of ether oxygens (including phenoxy) is 2. The van der Waals surface area contributed by atoms with Crippen LogP contribution in [0.15, 0.2) is 48.5 Å². The highest BCUT2D eigenvalue weighted by Gasteiger charge is 2.29. The van der Waals surface area contributed by atoms with Gasteiger partial charge in [-0.15, -0.1) is 12.4 Å². The first kappa shape index (κ1) is 19.2. The number of hydrogen-bond donors (Lipinski definition) is 2. The Morgan fingerprint density at radius 3 is 2.76 bits per heavy atom. The molecular formula is C19H23ClN2O3. The molecule has 1 fully saturated rings. The summed E-state index contributed by atoms with van der Waals surface area (Å²) in [6.07, 6.45) is 1.10. The fourth-order valence-electron chi connectivity index (χ4n) is 2.94. The van der Waals surface area contributed by atoms with Gasteiger partial charge in [0.2, 0.25) is 0 Å². The summed E-state index contributed by atoms with van der Waals surface area (Å²) in [7, 11) is 1.65. The Morgan fingerprint density at radius 1 is 1.24 bits per heavy atom. The number of carbonyl (C=O) groups excluding carboxylic acids is 1. The number of hydrogen-bond acceptors (Lipinski definition) is 4. The Labute approximate surface area is 153 Å². The Morgan fingerprint density at radius 2 is 2.04 bits per heavy atom. The molecule has 3 N–H and O–H groups in total. The van der Waals surface area contributed by atoms with Crippen molar-refractivity contribution in [2.45, 2.75) is 25.0 Å². The number of rotatable bonds is 5. The lowest BCUT2D eigenvalue weighted by Gasteiger charge is -2.14. The van der Waals surface area contributed by atoms with E-state index < -0.39 is 6.10 Å². The highest BCUT2D eigenvalue weighted by molar-refractivity contribution is 5.95. The van der Waals surface area contributed by atoms with Crippen LogP contribution < -0.4 is 15.8 Å². The van der Waals surface area contributed by atoms with E-state index in [1.807, 2.05) is 48.5 Å². The molecule has 0 bridgehead atoms. The minimum absolute atomic E-state index is 0. The summed E-state index contributed by atoms with van der Waals surface area (Å²) in [5.41, 5.74) is 8.30. The summed E-state index contributed by atoms with van der Waals surface area (Å²) in [4.78, 5) is 12.3. The van der Waals surface area contributed by atoms with Gasteiger partial charge >= 0.3 is 0 Å². The SMILES string of the molecule is COc1ccccc1-c1cccc(NC(=O)[C@@H]2CC[C@H](CN)O2)c1.Cl. The van der Waals surface area contributed by atoms with Crippen molar-refractivity contribution in [2.24, 2.45) is 5.73 Å². The van der Waals surface area contributed by atoms with Crippen molar-refractivity contribution in [3.05, 3.63) is 48.5 Å². The monoisotopic (exact) mass is 362 g/mol. The molecule has 0 saturated carbocycles. The molecule has 5 nitrogen and oxygen atoms in total. The maximum atomic E-state index is 12.3. The van der Waals surface area contributed by atoms with Crippen molar-refractivity contribution >= 4 is 24.0 Å². The van der Waals surface area contributed by atoms with Crippen molar-refractivity contribution in [3.8, 4) is 16.9 Å². The molecule has 6 heteroatoms. The fourth-order valence-corrected chi connectivity index (χ4v) is 2.94. The van der Waals surface area contributed by atoms with Crippen LogP contribution in [0.5, 0.6) is 5.75 Å². The molecule has 0 aliphatic carbocycles. The molecule has 0 spiro atoms. The molecule has 0 unspecified atom stereocenters. The van der Waals surface area contributed by atoms with E-state index in [1.54, 1.807) is 7.11 Å². The topological polar surface area (TPSA) is 73.6 Å². The number of amides is 1. The van der Waals surface area contributed by atoms with Gasteiger partial charge in [-0.2, -0.15) is 0 Å². The van der Waals surface area contributed by atoms with E-state index in [-0.39, 0.29) is 24.4 Å². The molecule has 1 aliphatic rings. The van der Waals surface area contributed by atoms with Crippen LogP contribution in [0.2, 0.25) is 0 Å². The predicted octanol–water partition coefficient (Wildman–Crippen LogP) is 3.23. The standard InChI is InChI=1S/C19H22N2O3.ClH/c1-23-17-8-3-2-7-16(17)13-5-4-6-14(11-13)21-19(22)18-10-9-15(12-20)24-18;/h2-8,11,15,18H,9-10,12,20H2,1H3,(H,21,22);1H/t15-,18+;/m1./s1. The van der Waals surface area contributed by atoms with Gasteiger partial charge in [-0.25, -0.2) is 0 Å². The third-order valence-corrected chi connectivity index (χ3v) is 4.21. The summed E-state index contributed by atoms with van der Waals surface area (Å²) in [5, 5.41) is 2.93. The zero-order valence-electron chi connectivity index (χ0n) is 14.1. The molecule has 2 atom stereocenters. The molecule has 3 rings (SSSR count). The third kappa shape index (κ3) is 4.51. The normalized spacial score (nSPS) is 19.1. The number of benzene rings is 2. The molecule has 25 heavy (non-hydrogen) atoms. The maximum absolute atomic E-state index is 12.3. The van der Waals surface area contributed by atoms with Gasteiger partial charge < -0.3 is 20.5 Å². The van der Waals surface area contributed by atoms with E-state index in [9.17, 15) is 4.79 Å². The number of methoxy groups -OCH3 is 1. The molecule has 134 valence electrons. The second kappa shape index (κ2) is 8.85. The van der Waals surface area contributed by atoms with Gasteiger partial charge in [0, 0.05) is 17.8 Å². The van der Waals surface area contributed by atoms with E-state index in [0.29, 0.717) is 13.0 Å². The third-order valence-electron chi connectivity index (χ3n) is 4.21. The summed E-state index contributed by atoms with van der Waals surface area (Å²) < 4.78 is 11.0. The van der Waals surface area contributed by atoms with Gasteiger partial charge in [-0.05, 0) is 36.6 Å². The number of halogens is 1. The molecule has 2 aromatic rings. The van der Waals surface area contributed by atoms with Crippen LogP contribution >= 0.6 is 12.4 Å². The van der Waals surface area contributed by atoms with Crippen LogP contribution in [0.4, 0.5) is 5.69 Å². The summed E-state index contributed by atoms with van der Waals surface area (Å²) >= 11 is 0. The Hall–Kier alpha value is -2.08. The molecule has 1 saturated heterocycles. The van der Waals surface area contributed by atoms with Crippen molar-refractivity contribution in [2.75, 3.05) is 19.0 Å². The molecule has 1 heterocycles. The Balaban J connectivity index is 0.00000225. The first-order valence-electron chi connectivity index (χ1n) is 8.11. The molecule has 2 aromatic carbocycles. The van der Waals surface area contributed by atoms with E-state index >= 15 is 0 Å². The van der Waals surface area contributed by atoms with Crippen LogP contribution in [0.25, 0.3) is 11.1 Å². The van der Waals surface area contributed by atoms with Crippen molar-refractivity contribution in [3.63, 3.8) is 0 Å². The van der Waals surface area contributed by atoms with Crippen molar-refractivity contribution in [1.29, 1.82) is 0 Å². The predicted molar refractivity (Wildman–Crippen MR) is 101 cm³/mol. The first-order valence-corrected chi connectivity index (χ1v) is 8.11. The number of carbonyl (C=O) groups is 1. The largest absolute Gasteiger partial charge is 0.496 e. The molecule has 0 radical (unpaired) electrons. The van der Waals surface area contributed by atoms with Crippen molar-refractivity contribution < 1.29 is 14.3 Å². The van der Waals surface area contributed by atoms with Crippen LogP contribution in [0.3, 0.4) is 0 Å². The van der Waals surface area contributed by atoms with Gasteiger partial charge in [0.1, 0.15) is 11.9 Å². The second-order valence-electron chi connectivity index (χ2n) is 5.83. The number of para-hydroxylation sites is 1. The summed E-state index contributed by atoms with van der Waals surface area (Å²) in [6.45, 7) is 0.451. The number of nitrogens with one attached hydrogen (secondary N) is 1. The molecule has 0 aromatic heterocycles. The highest BCUT2D eigenvalue weighted by atomic mass is 35.5. The van der Waals surface area contributed by atoms with Gasteiger partial charge in [-0.1, -0.05) is 30.3 Å². The van der Waals surface area contributed by atoms with Crippen molar-refractivity contribution in [1.82, 2.24) is 0 Å². The average molecular weight is 363 g/mol. The van der Waals surface area contributed by atoms with E-state index in [2.05, 4.69) is 5.32 Å². The van der Waals surface area contributed by atoms with Gasteiger partial charge in [0.05, 0.1) is 13.2 Å². The second-order valence-corrected chi connectivity index (χ2v) is 5.83. The van der Waals surface area contributed by atoms with Gasteiger partial charge in [-0.3, -0.25) is 4.79 Å². The zero-order chi connectivity index (χ0) is 16.9. The average Bonchev–Trinajstić information content (AvgIpc) is 3.11. The van der Waals surface area contributed by atoms with E-state index in [1.165, 1.54) is 0 Å². The zero-order valence-corrected chi connectivity index (χ0v) is 14.9. The lowest BCUT2D eigenvalue weighted by Crippen LogP contribution is -2.29. The number of anilines is 1. The van der Waals surface area contributed by atoms with E-state index in [4.69, 9.17) is 15.2 Å².